The number of rotatable bonds is 5. The van der Waals surface area contributed by atoms with E-state index in [9.17, 15) is 4.79 Å². The number of hydrogen-bond donors (Lipinski definition) is 2. The largest absolute Gasteiger partial charge is 0.354 e. The molecule has 0 spiro atoms. The lowest BCUT2D eigenvalue weighted by atomic mass is 10.1. The lowest BCUT2D eigenvalue weighted by Crippen LogP contribution is -2.45. The quantitative estimate of drug-likeness (QED) is 0.525. The van der Waals surface area contributed by atoms with Crippen LogP contribution in [0.25, 0.3) is 33.4 Å². The van der Waals surface area contributed by atoms with Crippen LogP contribution >= 0.6 is 0 Å². The lowest BCUT2D eigenvalue weighted by Gasteiger charge is -2.32. The normalized spacial score (nSPS) is 15.5. The fraction of sp³-hybridized carbons (Fsp3) is 0.292. The molecule has 4 heterocycles. The lowest BCUT2D eigenvalue weighted by molar-refractivity contribution is 0.155. The zero-order valence-electron chi connectivity index (χ0n) is 17.6. The number of likely N-dealkylation sites (N-methyl/N-ethyl adjacent to an activating group) is 1. The molecule has 7 heteroatoms. The van der Waals surface area contributed by atoms with Crippen LogP contribution in [-0.2, 0) is 6.42 Å². The molecule has 5 rings (SSSR count). The highest BCUT2D eigenvalue weighted by atomic mass is 16.1. The number of aromatic nitrogens is 4. The number of benzene rings is 1. The predicted octanol–water partition coefficient (Wildman–Crippen LogP) is 2.77. The molecule has 1 aromatic carbocycles. The van der Waals surface area contributed by atoms with Crippen molar-refractivity contribution in [2.75, 3.05) is 39.8 Å². The molecule has 7 nitrogen and oxygen atoms in total. The highest BCUT2D eigenvalue weighted by molar-refractivity contribution is 5.86. The molecule has 1 fully saturated rings. The van der Waals surface area contributed by atoms with Gasteiger partial charge in [0.1, 0.15) is 0 Å². The number of pyridine rings is 1. The first-order valence-corrected chi connectivity index (χ1v) is 10.7. The minimum Gasteiger partial charge on any atom is -0.354 e. The van der Waals surface area contributed by atoms with E-state index in [1.165, 1.54) is 5.56 Å². The summed E-state index contributed by atoms with van der Waals surface area (Å²) >= 11 is 0. The van der Waals surface area contributed by atoms with Gasteiger partial charge in [0.05, 0.1) is 17.0 Å². The van der Waals surface area contributed by atoms with Crippen molar-refractivity contribution < 1.29 is 0 Å². The van der Waals surface area contributed by atoms with Gasteiger partial charge in [-0.1, -0.05) is 12.1 Å². The van der Waals surface area contributed by atoms with Crippen molar-refractivity contribution in [3.8, 4) is 22.5 Å². The number of H-pyrrole nitrogens is 2. The monoisotopic (exact) mass is 414 g/mol. The van der Waals surface area contributed by atoms with Gasteiger partial charge in [-0.25, -0.2) is 5.10 Å². The Morgan fingerprint density at radius 2 is 1.81 bits per heavy atom. The number of nitrogens with zero attached hydrogens (tertiary/aromatic N) is 4. The van der Waals surface area contributed by atoms with Crippen LogP contribution in [0.5, 0.6) is 0 Å². The average Bonchev–Trinajstić information content (AvgIpc) is 3.23. The zero-order valence-corrected chi connectivity index (χ0v) is 17.6. The van der Waals surface area contributed by atoms with Crippen molar-refractivity contribution in [1.82, 2.24) is 30.0 Å². The molecular weight excluding hydrogens is 388 g/mol. The van der Waals surface area contributed by atoms with Gasteiger partial charge in [-0.2, -0.15) is 5.10 Å². The third kappa shape index (κ3) is 4.28. The Kier molecular flexibility index (Phi) is 5.36. The molecule has 0 radical (unpaired) electrons. The topological polar surface area (TPSA) is 80.9 Å². The van der Waals surface area contributed by atoms with Crippen molar-refractivity contribution in [2.24, 2.45) is 0 Å². The van der Waals surface area contributed by atoms with Crippen LogP contribution in [-0.4, -0.2) is 69.7 Å². The van der Waals surface area contributed by atoms with Gasteiger partial charge in [0.2, 0.25) is 0 Å². The van der Waals surface area contributed by atoms with Crippen LogP contribution in [0.1, 0.15) is 5.56 Å². The molecule has 0 unspecified atom stereocenters. The van der Waals surface area contributed by atoms with Crippen LogP contribution in [0.3, 0.4) is 0 Å². The first-order valence-electron chi connectivity index (χ1n) is 10.7. The van der Waals surface area contributed by atoms with Gasteiger partial charge in [0, 0.05) is 61.6 Å². The molecule has 1 saturated heterocycles. The molecule has 0 aliphatic carbocycles. The maximum absolute atomic E-state index is 12.5. The second-order valence-corrected chi connectivity index (χ2v) is 8.23. The van der Waals surface area contributed by atoms with Crippen LogP contribution in [0.15, 0.2) is 59.7 Å². The van der Waals surface area contributed by atoms with E-state index in [2.05, 4.69) is 55.2 Å². The number of piperazine rings is 1. The first-order chi connectivity index (χ1) is 15.2. The Morgan fingerprint density at radius 1 is 1.00 bits per heavy atom. The maximum Gasteiger partial charge on any atom is 0.273 e. The Bertz CT molecular complexity index is 1240. The summed E-state index contributed by atoms with van der Waals surface area (Å²) in [5, 5.41) is 7.91. The summed E-state index contributed by atoms with van der Waals surface area (Å²) in [7, 11) is 2.18. The molecule has 0 amide bonds. The second-order valence-electron chi connectivity index (χ2n) is 8.23. The number of aromatic amines is 2. The summed E-state index contributed by atoms with van der Waals surface area (Å²) in [6.45, 7) is 5.63. The molecule has 3 aromatic heterocycles. The summed E-state index contributed by atoms with van der Waals surface area (Å²) in [5.41, 5.74) is 5.15. The third-order valence-corrected chi connectivity index (χ3v) is 6.07. The average molecular weight is 415 g/mol. The molecule has 2 N–H and O–H groups in total. The second kappa shape index (κ2) is 8.45. The summed E-state index contributed by atoms with van der Waals surface area (Å²) in [4.78, 5) is 24.9. The minimum absolute atomic E-state index is 0.209. The molecule has 31 heavy (non-hydrogen) atoms. The van der Waals surface area contributed by atoms with E-state index < -0.39 is 0 Å². The van der Waals surface area contributed by atoms with Crippen LogP contribution in [0.4, 0.5) is 0 Å². The van der Waals surface area contributed by atoms with E-state index in [-0.39, 0.29) is 5.56 Å². The van der Waals surface area contributed by atoms with Crippen molar-refractivity contribution in [1.29, 1.82) is 0 Å². The highest BCUT2D eigenvalue weighted by Gasteiger charge is 2.14. The minimum atomic E-state index is -0.209. The molecule has 1 aliphatic heterocycles. The van der Waals surface area contributed by atoms with E-state index in [0.717, 1.165) is 61.3 Å². The molecule has 158 valence electrons. The molecular formula is C24H26N6O. The number of hydrogen-bond acceptors (Lipinski definition) is 5. The van der Waals surface area contributed by atoms with Gasteiger partial charge in [0.15, 0.2) is 0 Å². The Labute approximate surface area is 180 Å². The Balaban J connectivity index is 1.38. The summed E-state index contributed by atoms with van der Waals surface area (Å²) < 4.78 is 0. The van der Waals surface area contributed by atoms with Crippen molar-refractivity contribution in [3.63, 3.8) is 0 Å². The summed E-state index contributed by atoms with van der Waals surface area (Å²) in [6, 6.07) is 14.1. The van der Waals surface area contributed by atoms with E-state index in [4.69, 9.17) is 0 Å². The third-order valence-electron chi connectivity index (χ3n) is 6.07. The smallest absolute Gasteiger partial charge is 0.273 e. The predicted molar refractivity (Wildman–Crippen MR) is 123 cm³/mol. The van der Waals surface area contributed by atoms with Crippen LogP contribution < -0.4 is 5.56 Å². The Morgan fingerprint density at radius 3 is 2.61 bits per heavy atom. The van der Waals surface area contributed by atoms with Gasteiger partial charge >= 0.3 is 0 Å². The zero-order chi connectivity index (χ0) is 21.2. The fourth-order valence-corrected chi connectivity index (χ4v) is 4.11. The van der Waals surface area contributed by atoms with Gasteiger partial charge < -0.3 is 14.8 Å². The van der Waals surface area contributed by atoms with Crippen molar-refractivity contribution in [3.05, 3.63) is 70.8 Å². The van der Waals surface area contributed by atoms with E-state index in [0.29, 0.717) is 11.3 Å². The fourth-order valence-electron chi connectivity index (χ4n) is 4.11. The molecule has 4 aromatic rings. The number of nitrogens with one attached hydrogen (secondary N) is 2. The van der Waals surface area contributed by atoms with Gasteiger partial charge in [-0.15, -0.1) is 0 Å². The van der Waals surface area contributed by atoms with Gasteiger partial charge in [-0.05, 0) is 49.4 Å². The molecule has 1 aliphatic rings. The number of fused-ring (bicyclic) bond motifs is 1. The molecule has 0 saturated carbocycles. The summed E-state index contributed by atoms with van der Waals surface area (Å²) in [6.07, 6.45) is 4.46. The van der Waals surface area contributed by atoms with Crippen LogP contribution in [0.2, 0.25) is 0 Å². The maximum atomic E-state index is 12.5. The summed E-state index contributed by atoms with van der Waals surface area (Å²) in [5.74, 6) is 0. The SMILES string of the molecule is CN1CCN(CCc2ccc3cc(-c4cc(-c5ccncc5)n[nH]c4=O)[nH]c3c2)CC1. The van der Waals surface area contributed by atoms with Gasteiger partial charge in [0.25, 0.3) is 5.56 Å². The highest BCUT2D eigenvalue weighted by Crippen LogP contribution is 2.25. The van der Waals surface area contributed by atoms with Crippen LogP contribution in [0, 0.1) is 0 Å². The van der Waals surface area contributed by atoms with E-state index >= 15 is 0 Å². The van der Waals surface area contributed by atoms with Gasteiger partial charge in [-0.3, -0.25) is 9.78 Å². The van der Waals surface area contributed by atoms with E-state index in [1.807, 2.05) is 24.3 Å². The van der Waals surface area contributed by atoms with Crippen molar-refractivity contribution in [2.45, 2.75) is 6.42 Å². The molecule has 0 bridgehead atoms. The molecule has 0 atom stereocenters. The Hall–Kier alpha value is -3.29. The standard InChI is InChI=1S/C24H26N6O/c1-29-10-12-30(13-11-29)9-6-17-2-3-19-15-23(26-21(19)14-17)20-16-22(27-28-24(20)31)18-4-7-25-8-5-18/h2-5,7-8,14-16,26H,6,9-13H2,1H3,(H,28,31). The first kappa shape index (κ1) is 19.7. The van der Waals surface area contributed by atoms with E-state index in [1.54, 1.807) is 12.4 Å². The van der Waals surface area contributed by atoms with Crippen molar-refractivity contribution >= 4 is 10.9 Å².